The smallest absolute Gasteiger partial charge is 0.338 e. The maximum Gasteiger partial charge on any atom is 0.338 e. The molecular weight excluding hydrogens is 358 g/mol. The van der Waals surface area contributed by atoms with Crippen LogP contribution in [0.5, 0.6) is 5.75 Å². The van der Waals surface area contributed by atoms with E-state index in [1.807, 2.05) is 24.3 Å². The first-order chi connectivity index (χ1) is 13.4. The molecule has 0 bridgehead atoms. The van der Waals surface area contributed by atoms with Gasteiger partial charge in [0.25, 0.3) is 0 Å². The number of benzene rings is 2. The molecule has 0 aliphatic rings. The fourth-order valence-corrected chi connectivity index (χ4v) is 2.60. The topological polar surface area (TPSA) is 77.8 Å². The summed E-state index contributed by atoms with van der Waals surface area (Å²) in [6.45, 7) is 3.56. The lowest BCUT2D eigenvalue weighted by Gasteiger charge is -2.09. The number of hydrogen-bond donors (Lipinski definition) is 1. The van der Waals surface area contributed by atoms with Crippen LogP contribution in [0.4, 0.5) is 5.69 Å². The summed E-state index contributed by atoms with van der Waals surface area (Å²) in [5.74, 6) is 0.511. The average Bonchev–Trinajstić information content (AvgIpc) is 3.08. The van der Waals surface area contributed by atoms with Crippen LogP contribution in [0.3, 0.4) is 0 Å². The number of anilines is 1. The minimum absolute atomic E-state index is 0.211. The molecule has 1 aromatic heterocycles. The Morgan fingerprint density at radius 2 is 1.93 bits per heavy atom. The predicted octanol–water partition coefficient (Wildman–Crippen LogP) is 4.66. The number of hydrogen-bond acceptors (Lipinski definition) is 5. The second-order valence-corrected chi connectivity index (χ2v) is 6.41. The van der Waals surface area contributed by atoms with Crippen LogP contribution in [0.1, 0.15) is 30.0 Å². The molecule has 6 heteroatoms. The van der Waals surface area contributed by atoms with Gasteiger partial charge in [-0.05, 0) is 62.4 Å². The van der Waals surface area contributed by atoms with Crippen LogP contribution >= 0.6 is 0 Å². The number of rotatable bonds is 6. The van der Waals surface area contributed by atoms with Gasteiger partial charge in [-0.25, -0.2) is 4.79 Å². The number of amides is 1. The maximum atomic E-state index is 12.2. The van der Waals surface area contributed by atoms with E-state index in [1.54, 1.807) is 51.3 Å². The van der Waals surface area contributed by atoms with Crippen molar-refractivity contribution in [1.82, 2.24) is 0 Å². The minimum Gasteiger partial charge on any atom is -0.497 e. The van der Waals surface area contributed by atoms with Crippen LogP contribution in [0.25, 0.3) is 17.0 Å². The van der Waals surface area contributed by atoms with E-state index in [9.17, 15) is 9.59 Å². The molecule has 2 aromatic carbocycles. The van der Waals surface area contributed by atoms with E-state index in [4.69, 9.17) is 13.9 Å². The van der Waals surface area contributed by atoms with Gasteiger partial charge in [0.2, 0.25) is 5.91 Å². The lowest BCUT2D eigenvalue weighted by atomic mass is 10.2. The van der Waals surface area contributed by atoms with Crippen LogP contribution < -0.4 is 10.1 Å². The van der Waals surface area contributed by atoms with Gasteiger partial charge in [0.1, 0.15) is 17.1 Å². The van der Waals surface area contributed by atoms with Gasteiger partial charge >= 0.3 is 5.97 Å². The molecule has 3 aromatic rings. The number of fused-ring (bicyclic) bond motifs is 1. The first kappa shape index (κ1) is 19.2. The summed E-state index contributed by atoms with van der Waals surface area (Å²) in [5, 5.41) is 3.60. The molecule has 0 fully saturated rings. The Morgan fingerprint density at radius 1 is 1.11 bits per heavy atom. The number of ether oxygens (including phenoxy) is 2. The first-order valence-electron chi connectivity index (χ1n) is 8.82. The molecular formula is C22H21NO5. The van der Waals surface area contributed by atoms with Gasteiger partial charge in [-0.3, -0.25) is 4.79 Å². The summed E-state index contributed by atoms with van der Waals surface area (Å²) in [5.41, 5.74) is 1.58. The van der Waals surface area contributed by atoms with E-state index >= 15 is 0 Å². The summed E-state index contributed by atoms with van der Waals surface area (Å²) in [7, 11) is 1.60. The van der Waals surface area contributed by atoms with Gasteiger partial charge < -0.3 is 19.2 Å². The Hall–Kier alpha value is -3.54. The van der Waals surface area contributed by atoms with Crippen LogP contribution in [-0.4, -0.2) is 25.1 Å². The highest BCUT2D eigenvalue weighted by Crippen LogP contribution is 2.24. The fourth-order valence-electron chi connectivity index (χ4n) is 2.60. The van der Waals surface area contributed by atoms with Gasteiger partial charge in [-0.2, -0.15) is 0 Å². The lowest BCUT2D eigenvalue weighted by molar-refractivity contribution is -0.111. The largest absolute Gasteiger partial charge is 0.497 e. The number of nitrogens with one attached hydrogen (secondary N) is 1. The van der Waals surface area contributed by atoms with Crippen LogP contribution in [0.15, 0.2) is 59.0 Å². The van der Waals surface area contributed by atoms with E-state index in [0.717, 1.165) is 11.1 Å². The summed E-state index contributed by atoms with van der Waals surface area (Å²) in [6.07, 6.45) is 2.74. The van der Waals surface area contributed by atoms with Gasteiger partial charge in [0, 0.05) is 17.1 Å². The van der Waals surface area contributed by atoms with Crippen LogP contribution in [0.2, 0.25) is 0 Å². The molecule has 0 aliphatic carbocycles. The average molecular weight is 379 g/mol. The Bertz CT molecular complexity index is 1030. The zero-order chi connectivity index (χ0) is 20.1. The van der Waals surface area contributed by atoms with E-state index in [2.05, 4.69) is 5.32 Å². The Labute approximate surface area is 162 Å². The highest BCUT2D eigenvalue weighted by Gasteiger charge is 2.10. The third kappa shape index (κ3) is 4.79. The van der Waals surface area contributed by atoms with Crippen molar-refractivity contribution < 1.29 is 23.5 Å². The van der Waals surface area contributed by atoms with Gasteiger partial charge in [-0.15, -0.1) is 0 Å². The van der Waals surface area contributed by atoms with Crippen molar-refractivity contribution >= 4 is 34.6 Å². The Morgan fingerprint density at radius 3 is 2.68 bits per heavy atom. The summed E-state index contributed by atoms with van der Waals surface area (Å²) >= 11 is 0. The predicted molar refractivity (Wildman–Crippen MR) is 107 cm³/mol. The van der Waals surface area contributed by atoms with Crippen LogP contribution in [-0.2, 0) is 9.53 Å². The van der Waals surface area contributed by atoms with Crippen molar-refractivity contribution in [2.24, 2.45) is 0 Å². The molecule has 28 heavy (non-hydrogen) atoms. The molecule has 0 aliphatic heterocycles. The van der Waals surface area contributed by atoms with E-state index in [-0.39, 0.29) is 12.0 Å². The van der Waals surface area contributed by atoms with E-state index in [0.29, 0.717) is 22.6 Å². The van der Waals surface area contributed by atoms with Crippen molar-refractivity contribution in [2.45, 2.75) is 20.0 Å². The number of furan rings is 1. The molecule has 3 rings (SSSR count). The summed E-state index contributed by atoms with van der Waals surface area (Å²) in [6, 6.07) is 13.9. The third-order valence-electron chi connectivity index (χ3n) is 3.85. The third-order valence-corrected chi connectivity index (χ3v) is 3.85. The van der Waals surface area contributed by atoms with E-state index < -0.39 is 5.97 Å². The quantitative estimate of drug-likeness (QED) is 0.498. The lowest BCUT2D eigenvalue weighted by Crippen LogP contribution is -2.13. The summed E-state index contributed by atoms with van der Waals surface area (Å²) in [4.78, 5) is 24.1. The Balaban J connectivity index is 1.67. The van der Waals surface area contributed by atoms with Gasteiger partial charge in [0.15, 0.2) is 0 Å². The van der Waals surface area contributed by atoms with Gasteiger partial charge in [-0.1, -0.05) is 6.07 Å². The number of carbonyl (C=O) groups is 2. The Kier molecular flexibility index (Phi) is 5.79. The monoisotopic (exact) mass is 379 g/mol. The second kappa shape index (κ2) is 8.43. The number of esters is 1. The van der Waals surface area contributed by atoms with Crippen molar-refractivity contribution in [3.8, 4) is 5.75 Å². The number of methoxy groups -OCH3 is 1. The fraction of sp³-hybridized carbons (Fsp3) is 0.182. The summed E-state index contributed by atoms with van der Waals surface area (Å²) < 4.78 is 16.0. The standard InChI is InChI=1S/C22H21NO5/c1-14(2)27-22(25)15-5-4-6-17(11-15)23-21(24)10-8-19-13-16-12-18(26-3)7-9-20(16)28-19/h4-14H,1-3H3,(H,23,24)/b10-8+. The zero-order valence-electron chi connectivity index (χ0n) is 15.9. The van der Waals surface area contributed by atoms with Gasteiger partial charge in [0.05, 0.1) is 18.8 Å². The molecule has 6 nitrogen and oxygen atoms in total. The molecule has 0 saturated heterocycles. The molecule has 0 spiro atoms. The molecule has 144 valence electrons. The number of carbonyl (C=O) groups excluding carboxylic acids is 2. The van der Waals surface area contributed by atoms with Crippen molar-refractivity contribution in [3.05, 3.63) is 65.9 Å². The van der Waals surface area contributed by atoms with Crippen LogP contribution in [0, 0.1) is 0 Å². The highest BCUT2D eigenvalue weighted by molar-refractivity contribution is 6.02. The molecule has 1 heterocycles. The first-order valence-corrected chi connectivity index (χ1v) is 8.82. The maximum absolute atomic E-state index is 12.2. The van der Waals surface area contributed by atoms with E-state index in [1.165, 1.54) is 6.08 Å². The second-order valence-electron chi connectivity index (χ2n) is 6.41. The SMILES string of the molecule is COc1ccc2oc(/C=C/C(=O)Nc3cccc(C(=O)OC(C)C)c3)cc2c1. The molecule has 0 atom stereocenters. The van der Waals surface area contributed by atoms with Crippen molar-refractivity contribution in [1.29, 1.82) is 0 Å². The molecule has 1 N–H and O–H groups in total. The molecule has 0 unspecified atom stereocenters. The molecule has 0 saturated carbocycles. The molecule has 0 radical (unpaired) electrons. The van der Waals surface area contributed by atoms with Crippen molar-refractivity contribution in [2.75, 3.05) is 12.4 Å². The molecule has 1 amide bonds. The highest BCUT2D eigenvalue weighted by atomic mass is 16.5. The normalized spacial score (nSPS) is 11.1. The zero-order valence-corrected chi connectivity index (χ0v) is 15.9. The van der Waals surface area contributed by atoms with Crippen molar-refractivity contribution in [3.63, 3.8) is 0 Å². The minimum atomic E-state index is -0.431.